The van der Waals surface area contributed by atoms with Crippen LogP contribution in [0.5, 0.6) is 0 Å². The van der Waals surface area contributed by atoms with Crippen molar-refractivity contribution in [1.82, 2.24) is 9.21 Å². The quantitative estimate of drug-likeness (QED) is 0.766. The molecule has 0 bridgehead atoms. The molecule has 2 aliphatic rings. The van der Waals surface area contributed by atoms with E-state index in [1.54, 1.807) is 11.0 Å². The lowest BCUT2D eigenvalue weighted by atomic mass is 10.1. The van der Waals surface area contributed by atoms with Gasteiger partial charge in [0, 0.05) is 44.0 Å². The lowest BCUT2D eigenvalue weighted by Gasteiger charge is -2.31. The Balaban J connectivity index is 1.65. The zero-order chi connectivity index (χ0) is 19.9. The van der Waals surface area contributed by atoms with E-state index in [0.29, 0.717) is 38.3 Å². The van der Waals surface area contributed by atoms with Crippen molar-refractivity contribution in [2.45, 2.75) is 11.3 Å². The summed E-state index contributed by atoms with van der Waals surface area (Å²) in [7, 11) is -1.79. The van der Waals surface area contributed by atoms with Gasteiger partial charge < -0.3 is 9.80 Å². The monoisotopic (exact) mass is 419 g/mol. The van der Waals surface area contributed by atoms with Crippen LogP contribution in [0.15, 0.2) is 47.4 Å². The number of nitrogens with zero attached hydrogens (tertiary/aromatic N) is 3. The molecule has 2 aromatic rings. The number of hydrogen-bond acceptors (Lipinski definition) is 4. The standard InChI is InChI=1S/C20H22ClN3O3S/c1-22-10-12-23(13-11-22)28(26,27)19-14-16(6-7-17(19)21)20(25)24-9-8-15-4-2-3-5-18(15)24/h2-7,14H,8-13H2,1H3. The molecule has 1 amide bonds. The van der Waals surface area contributed by atoms with Crippen molar-refractivity contribution in [3.8, 4) is 0 Å². The van der Waals surface area contributed by atoms with Crippen molar-refractivity contribution in [2.24, 2.45) is 0 Å². The predicted molar refractivity (Wildman–Crippen MR) is 110 cm³/mol. The number of para-hydroxylation sites is 1. The Kier molecular flexibility index (Phi) is 5.18. The number of rotatable bonds is 3. The molecular formula is C20H22ClN3O3S. The summed E-state index contributed by atoms with van der Waals surface area (Å²) in [6, 6.07) is 12.3. The van der Waals surface area contributed by atoms with Crippen LogP contribution < -0.4 is 4.90 Å². The SMILES string of the molecule is CN1CCN(S(=O)(=O)c2cc(C(=O)N3CCc4ccccc43)ccc2Cl)CC1. The number of halogens is 1. The van der Waals surface area contributed by atoms with Crippen LogP contribution in [0.4, 0.5) is 5.69 Å². The molecule has 2 aliphatic heterocycles. The van der Waals surface area contributed by atoms with Crippen LogP contribution in [-0.4, -0.2) is 63.3 Å². The Bertz CT molecular complexity index is 1020. The number of hydrogen-bond donors (Lipinski definition) is 0. The number of fused-ring (bicyclic) bond motifs is 1. The summed E-state index contributed by atoms with van der Waals surface area (Å²) in [5.41, 5.74) is 2.33. The van der Waals surface area contributed by atoms with Gasteiger partial charge in [0.15, 0.2) is 0 Å². The molecule has 1 fully saturated rings. The topological polar surface area (TPSA) is 60.9 Å². The number of benzene rings is 2. The molecule has 0 spiro atoms. The van der Waals surface area contributed by atoms with Gasteiger partial charge in [-0.2, -0.15) is 4.31 Å². The number of likely N-dealkylation sites (N-methyl/N-ethyl adjacent to an activating group) is 1. The highest BCUT2D eigenvalue weighted by molar-refractivity contribution is 7.89. The average molecular weight is 420 g/mol. The van der Waals surface area contributed by atoms with Gasteiger partial charge in [-0.25, -0.2) is 8.42 Å². The van der Waals surface area contributed by atoms with Gasteiger partial charge in [-0.3, -0.25) is 4.79 Å². The van der Waals surface area contributed by atoms with E-state index in [1.165, 1.54) is 16.4 Å². The summed E-state index contributed by atoms with van der Waals surface area (Å²) >= 11 is 6.23. The van der Waals surface area contributed by atoms with E-state index < -0.39 is 10.0 Å². The summed E-state index contributed by atoms with van der Waals surface area (Å²) < 4.78 is 27.7. The summed E-state index contributed by atoms with van der Waals surface area (Å²) in [5, 5.41) is 0.136. The van der Waals surface area contributed by atoms with E-state index in [0.717, 1.165) is 17.7 Å². The number of carbonyl (C=O) groups excluding carboxylic acids is 1. The summed E-state index contributed by atoms with van der Waals surface area (Å²) in [4.78, 5) is 16.9. The first-order chi connectivity index (χ1) is 13.4. The van der Waals surface area contributed by atoms with Crippen LogP contribution in [0.1, 0.15) is 15.9 Å². The maximum Gasteiger partial charge on any atom is 0.258 e. The van der Waals surface area contributed by atoms with Gasteiger partial charge in [0.2, 0.25) is 10.0 Å². The lowest BCUT2D eigenvalue weighted by molar-refractivity contribution is 0.0989. The van der Waals surface area contributed by atoms with Crippen molar-refractivity contribution in [3.05, 3.63) is 58.6 Å². The smallest absolute Gasteiger partial charge is 0.258 e. The highest BCUT2D eigenvalue weighted by Gasteiger charge is 2.31. The molecule has 6 nitrogen and oxygen atoms in total. The molecule has 2 aromatic carbocycles. The van der Waals surface area contributed by atoms with Crippen LogP contribution in [0.3, 0.4) is 0 Å². The van der Waals surface area contributed by atoms with Crippen LogP contribution >= 0.6 is 11.6 Å². The maximum atomic E-state index is 13.1. The Morgan fingerprint density at radius 2 is 1.71 bits per heavy atom. The highest BCUT2D eigenvalue weighted by atomic mass is 35.5. The minimum absolute atomic E-state index is 0.00273. The fourth-order valence-corrected chi connectivity index (χ4v) is 5.63. The van der Waals surface area contributed by atoms with Crippen molar-refractivity contribution in [2.75, 3.05) is 44.7 Å². The minimum atomic E-state index is -3.75. The lowest BCUT2D eigenvalue weighted by Crippen LogP contribution is -2.47. The molecule has 0 aromatic heterocycles. The molecule has 148 valence electrons. The highest BCUT2D eigenvalue weighted by Crippen LogP contribution is 2.31. The van der Waals surface area contributed by atoms with Crippen LogP contribution in [0, 0.1) is 0 Å². The number of carbonyl (C=O) groups is 1. The molecule has 8 heteroatoms. The van der Waals surface area contributed by atoms with Gasteiger partial charge in [0.05, 0.1) is 5.02 Å². The number of sulfonamides is 1. The molecule has 28 heavy (non-hydrogen) atoms. The van der Waals surface area contributed by atoms with Crippen molar-refractivity contribution >= 4 is 33.2 Å². The average Bonchev–Trinajstić information content (AvgIpc) is 3.12. The Morgan fingerprint density at radius 1 is 1.00 bits per heavy atom. The first-order valence-electron chi connectivity index (χ1n) is 9.26. The van der Waals surface area contributed by atoms with E-state index in [4.69, 9.17) is 11.6 Å². The Morgan fingerprint density at radius 3 is 2.46 bits per heavy atom. The zero-order valence-corrected chi connectivity index (χ0v) is 17.2. The van der Waals surface area contributed by atoms with Crippen molar-refractivity contribution in [1.29, 1.82) is 0 Å². The van der Waals surface area contributed by atoms with Gasteiger partial charge in [0.1, 0.15) is 4.90 Å². The minimum Gasteiger partial charge on any atom is -0.308 e. The summed E-state index contributed by atoms with van der Waals surface area (Å²) in [6.07, 6.45) is 0.794. The van der Waals surface area contributed by atoms with Gasteiger partial charge in [0.25, 0.3) is 5.91 Å². The molecule has 1 saturated heterocycles. The largest absolute Gasteiger partial charge is 0.308 e. The number of piperazine rings is 1. The van der Waals surface area contributed by atoms with Crippen molar-refractivity contribution < 1.29 is 13.2 Å². The molecule has 2 heterocycles. The second kappa shape index (κ2) is 7.48. The molecule has 0 N–H and O–H groups in total. The van der Waals surface area contributed by atoms with Gasteiger partial charge in [-0.1, -0.05) is 29.8 Å². The van der Waals surface area contributed by atoms with E-state index in [2.05, 4.69) is 4.90 Å². The van der Waals surface area contributed by atoms with Crippen LogP contribution in [0.2, 0.25) is 5.02 Å². The van der Waals surface area contributed by atoms with Crippen LogP contribution in [0.25, 0.3) is 0 Å². The molecular weight excluding hydrogens is 398 g/mol. The second-order valence-corrected chi connectivity index (χ2v) is 9.50. The Labute approximate surface area is 170 Å². The predicted octanol–water partition coefficient (Wildman–Crippen LogP) is 2.48. The van der Waals surface area contributed by atoms with E-state index >= 15 is 0 Å². The molecule has 0 radical (unpaired) electrons. The van der Waals surface area contributed by atoms with Gasteiger partial charge >= 0.3 is 0 Å². The first-order valence-corrected chi connectivity index (χ1v) is 11.1. The first kappa shape index (κ1) is 19.4. The van der Waals surface area contributed by atoms with E-state index in [1.807, 2.05) is 31.3 Å². The molecule has 0 unspecified atom stereocenters. The Hall–Kier alpha value is -1.93. The fraction of sp³-hybridized carbons (Fsp3) is 0.350. The normalized spacial score (nSPS) is 18.3. The molecule has 0 saturated carbocycles. The molecule has 4 rings (SSSR count). The van der Waals surface area contributed by atoms with Gasteiger partial charge in [-0.05, 0) is 43.3 Å². The zero-order valence-electron chi connectivity index (χ0n) is 15.6. The molecule has 0 atom stereocenters. The van der Waals surface area contributed by atoms with E-state index in [-0.39, 0.29) is 15.8 Å². The van der Waals surface area contributed by atoms with Crippen molar-refractivity contribution in [3.63, 3.8) is 0 Å². The van der Waals surface area contributed by atoms with E-state index in [9.17, 15) is 13.2 Å². The van der Waals surface area contributed by atoms with Crippen LogP contribution in [-0.2, 0) is 16.4 Å². The summed E-state index contributed by atoms with van der Waals surface area (Å²) in [5.74, 6) is -0.212. The third-order valence-electron chi connectivity index (χ3n) is 5.39. The third-order valence-corrected chi connectivity index (χ3v) is 7.77. The summed E-state index contributed by atoms with van der Waals surface area (Å²) in [6.45, 7) is 2.74. The van der Waals surface area contributed by atoms with Gasteiger partial charge in [-0.15, -0.1) is 0 Å². The molecule has 0 aliphatic carbocycles. The fourth-order valence-electron chi connectivity index (χ4n) is 3.71. The third kappa shape index (κ3) is 3.43. The number of anilines is 1. The second-order valence-electron chi connectivity index (χ2n) is 7.19. The number of amides is 1. The maximum absolute atomic E-state index is 13.1.